The van der Waals surface area contributed by atoms with Crippen molar-refractivity contribution in [3.8, 4) is 17.1 Å². The number of hydrogen-bond donors (Lipinski definition) is 0. The van der Waals surface area contributed by atoms with Gasteiger partial charge in [-0.3, -0.25) is 9.36 Å². The predicted molar refractivity (Wildman–Crippen MR) is 132 cm³/mol. The van der Waals surface area contributed by atoms with Crippen molar-refractivity contribution < 1.29 is 14.3 Å². The van der Waals surface area contributed by atoms with Gasteiger partial charge in [-0.1, -0.05) is 59.3 Å². The Hall–Kier alpha value is -3.33. The van der Waals surface area contributed by atoms with Gasteiger partial charge in [0.1, 0.15) is 0 Å². The number of piperazine rings is 1. The van der Waals surface area contributed by atoms with E-state index >= 15 is 0 Å². The summed E-state index contributed by atoms with van der Waals surface area (Å²) in [5.41, 5.74) is 4.25. The molecule has 0 radical (unpaired) electrons. The Morgan fingerprint density at radius 1 is 0.882 bits per heavy atom. The Morgan fingerprint density at radius 3 is 2.09 bits per heavy atom. The molecule has 3 aromatic rings. The second-order valence-corrected chi connectivity index (χ2v) is 9.14. The first-order chi connectivity index (χ1) is 16.5. The summed E-state index contributed by atoms with van der Waals surface area (Å²) >= 11 is 1.37. The van der Waals surface area contributed by atoms with E-state index in [0.29, 0.717) is 37.9 Å². The molecule has 34 heavy (non-hydrogen) atoms. The second-order valence-electron chi connectivity index (χ2n) is 8.20. The minimum absolute atomic E-state index is 0.0175. The number of rotatable bonds is 6. The highest BCUT2D eigenvalue weighted by atomic mass is 32.2. The summed E-state index contributed by atoms with van der Waals surface area (Å²) in [4.78, 5) is 28.2. The van der Waals surface area contributed by atoms with Crippen molar-refractivity contribution in [3.05, 3.63) is 59.7 Å². The zero-order valence-corrected chi connectivity index (χ0v) is 20.5. The number of hydrogen-bond acceptors (Lipinski definition) is 6. The highest BCUT2D eigenvalue weighted by Crippen LogP contribution is 2.28. The number of carbonyl (C=O) groups excluding carboxylic acids is 2. The van der Waals surface area contributed by atoms with Crippen LogP contribution in [0.2, 0.25) is 0 Å². The predicted octanol–water partition coefficient (Wildman–Crippen LogP) is 3.94. The van der Waals surface area contributed by atoms with E-state index in [0.717, 1.165) is 17.1 Å². The lowest BCUT2D eigenvalue weighted by atomic mass is 10.1. The van der Waals surface area contributed by atoms with Crippen LogP contribution in [0.3, 0.4) is 0 Å². The standard InChI is InChI=1S/C25H29N5O3S/c1-4-33-25(32)29-15-13-28(14-16-29)22(31)17-34-24-27-26-23(20-9-5-18(2)6-10-20)30(24)21-11-7-19(3)8-12-21/h5-12H,4,13-17H2,1-3H3. The minimum atomic E-state index is -0.321. The summed E-state index contributed by atoms with van der Waals surface area (Å²) < 4.78 is 7.05. The van der Waals surface area contributed by atoms with E-state index in [-0.39, 0.29) is 17.8 Å². The molecule has 0 unspecified atom stereocenters. The first kappa shape index (κ1) is 23.8. The first-order valence-corrected chi connectivity index (χ1v) is 12.4. The molecule has 1 saturated heterocycles. The van der Waals surface area contributed by atoms with Gasteiger partial charge >= 0.3 is 6.09 Å². The van der Waals surface area contributed by atoms with Crippen molar-refractivity contribution in [2.45, 2.75) is 25.9 Å². The van der Waals surface area contributed by atoms with E-state index in [9.17, 15) is 9.59 Å². The third-order valence-corrected chi connectivity index (χ3v) is 6.63. The maximum absolute atomic E-state index is 12.9. The lowest BCUT2D eigenvalue weighted by molar-refractivity contribution is -0.129. The normalized spacial score (nSPS) is 13.7. The van der Waals surface area contributed by atoms with Crippen LogP contribution in [0.4, 0.5) is 4.79 Å². The molecule has 2 amide bonds. The van der Waals surface area contributed by atoms with Crippen LogP contribution in [0.1, 0.15) is 18.1 Å². The summed E-state index contributed by atoms with van der Waals surface area (Å²) in [6.45, 7) is 8.18. The molecule has 0 spiro atoms. The van der Waals surface area contributed by atoms with E-state index in [2.05, 4.69) is 34.5 Å². The van der Waals surface area contributed by atoms with Crippen LogP contribution in [0, 0.1) is 13.8 Å². The smallest absolute Gasteiger partial charge is 0.409 e. The van der Waals surface area contributed by atoms with Gasteiger partial charge in [0.15, 0.2) is 11.0 Å². The third kappa shape index (κ3) is 5.41. The van der Waals surface area contributed by atoms with E-state index in [4.69, 9.17) is 4.74 Å². The molecular weight excluding hydrogens is 450 g/mol. The molecule has 2 aromatic carbocycles. The summed E-state index contributed by atoms with van der Waals surface area (Å²) in [7, 11) is 0. The van der Waals surface area contributed by atoms with Crippen LogP contribution in [0.15, 0.2) is 53.7 Å². The molecular formula is C25H29N5O3S. The number of carbonyl (C=O) groups is 2. The fourth-order valence-electron chi connectivity index (χ4n) is 3.75. The number of ether oxygens (including phenoxy) is 1. The molecule has 1 aliphatic rings. The highest BCUT2D eigenvalue weighted by molar-refractivity contribution is 7.99. The molecule has 178 valence electrons. The van der Waals surface area contributed by atoms with E-state index in [1.54, 1.807) is 16.7 Å². The van der Waals surface area contributed by atoms with Crippen molar-refractivity contribution in [2.24, 2.45) is 0 Å². The molecule has 1 fully saturated rings. The Kier molecular flexibility index (Phi) is 7.52. The van der Waals surface area contributed by atoms with E-state index < -0.39 is 0 Å². The molecule has 4 rings (SSSR count). The van der Waals surface area contributed by atoms with Crippen LogP contribution in [0.5, 0.6) is 0 Å². The van der Waals surface area contributed by atoms with E-state index in [1.807, 2.05) is 42.7 Å². The number of nitrogens with zero attached hydrogens (tertiary/aromatic N) is 5. The zero-order chi connectivity index (χ0) is 24.1. The SMILES string of the molecule is CCOC(=O)N1CCN(C(=O)CSc2nnc(-c3ccc(C)cc3)n2-c2ccc(C)cc2)CC1. The Bertz CT molecular complexity index is 1140. The average Bonchev–Trinajstić information content (AvgIpc) is 3.27. The molecule has 0 bridgehead atoms. The third-order valence-electron chi connectivity index (χ3n) is 5.72. The zero-order valence-electron chi connectivity index (χ0n) is 19.7. The van der Waals surface area contributed by atoms with Crippen LogP contribution in [-0.4, -0.2) is 75.1 Å². The monoisotopic (exact) mass is 479 g/mol. The fraction of sp³-hybridized carbons (Fsp3) is 0.360. The molecule has 0 aliphatic carbocycles. The van der Waals surface area contributed by atoms with Crippen molar-refractivity contribution in [2.75, 3.05) is 38.5 Å². The number of amides is 2. The maximum Gasteiger partial charge on any atom is 0.409 e. The van der Waals surface area contributed by atoms with Crippen LogP contribution in [0.25, 0.3) is 17.1 Å². The first-order valence-electron chi connectivity index (χ1n) is 11.4. The topological polar surface area (TPSA) is 80.6 Å². The molecule has 1 aliphatic heterocycles. The van der Waals surface area contributed by atoms with Gasteiger partial charge in [-0.25, -0.2) is 4.79 Å². The molecule has 1 aromatic heterocycles. The average molecular weight is 480 g/mol. The fourth-order valence-corrected chi connectivity index (χ4v) is 4.61. The summed E-state index contributed by atoms with van der Waals surface area (Å²) in [6, 6.07) is 16.4. The maximum atomic E-state index is 12.9. The van der Waals surface area contributed by atoms with Gasteiger partial charge in [-0.05, 0) is 32.9 Å². The number of benzene rings is 2. The van der Waals surface area contributed by atoms with Gasteiger partial charge in [0.2, 0.25) is 5.91 Å². The molecule has 8 nitrogen and oxygen atoms in total. The quantitative estimate of drug-likeness (QED) is 0.498. The summed E-state index contributed by atoms with van der Waals surface area (Å²) in [5.74, 6) is 1.00. The van der Waals surface area contributed by atoms with Crippen molar-refractivity contribution in [3.63, 3.8) is 0 Å². The highest BCUT2D eigenvalue weighted by Gasteiger charge is 2.25. The van der Waals surface area contributed by atoms with Gasteiger partial charge in [-0.2, -0.15) is 0 Å². The lowest BCUT2D eigenvalue weighted by Gasteiger charge is -2.34. The van der Waals surface area contributed by atoms with Crippen LogP contribution in [-0.2, 0) is 9.53 Å². The molecule has 9 heteroatoms. The van der Waals surface area contributed by atoms with Gasteiger partial charge in [-0.15, -0.1) is 10.2 Å². The summed E-state index contributed by atoms with van der Waals surface area (Å²) in [6.07, 6.45) is -0.321. The molecule has 0 atom stereocenters. The van der Waals surface area contributed by atoms with Crippen molar-refractivity contribution in [1.82, 2.24) is 24.6 Å². The second kappa shape index (κ2) is 10.7. The minimum Gasteiger partial charge on any atom is -0.450 e. The van der Waals surface area contributed by atoms with Crippen molar-refractivity contribution >= 4 is 23.8 Å². The van der Waals surface area contributed by atoms with Gasteiger partial charge < -0.3 is 14.5 Å². The van der Waals surface area contributed by atoms with Crippen LogP contribution >= 0.6 is 11.8 Å². The Labute approximate surface area is 203 Å². The Morgan fingerprint density at radius 2 is 1.47 bits per heavy atom. The molecule has 0 N–H and O–H groups in total. The number of thioether (sulfide) groups is 1. The summed E-state index contributed by atoms with van der Waals surface area (Å²) in [5, 5.41) is 9.55. The van der Waals surface area contributed by atoms with Gasteiger partial charge in [0.05, 0.1) is 12.4 Å². The van der Waals surface area contributed by atoms with E-state index in [1.165, 1.54) is 22.9 Å². The number of aromatic nitrogens is 3. The molecule has 2 heterocycles. The van der Waals surface area contributed by atoms with Gasteiger partial charge in [0.25, 0.3) is 0 Å². The largest absolute Gasteiger partial charge is 0.450 e. The lowest BCUT2D eigenvalue weighted by Crippen LogP contribution is -2.51. The van der Waals surface area contributed by atoms with Crippen molar-refractivity contribution in [1.29, 1.82) is 0 Å². The van der Waals surface area contributed by atoms with Gasteiger partial charge in [0, 0.05) is 37.4 Å². The van der Waals surface area contributed by atoms with Crippen LogP contribution < -0.4 is 0 Å². The molecule has 0 saturated carbocycles. The Balaban J connectivity index is 1.49. The number of aryl methyl sites for hydroxylation is 2.